The van der Waals surface area contributed by atoms with Crippen LogP contribution >= 0.6 is 20.2 Å². The van der Waals surface area contributed by atoms with E-state index >= 15 is 0 Å². The van der Waals surface area contributed by atoms with Crippen molar-refractivity contribution in [2.45, 2.75) is 0 Å². The summed E-state index contributed by atoms with van der Waals surface area (Å²) in [5.74, 6) is 0. The number of rotatable bonds is 2. The van der Waals surface area contributed by atoms with Gasteiger partial charge in [-0.2, -0.15) is 0 Å². The first-order chi connectivity index (χ1) is 9.19. The zero-order valence-electron chi connectivity index (χ0n) is 9.52. The van der Waals surface area contributed by atoms with E-state index in [1.165, 1.54) is 0 Å². The normalized spacial score (nSPS) is 10.3. The molecule has 0 bridgehead atoms. The number of aromatic nitrogens is 1. The molecule has 0 unspecified atom stereocenters. The number of halogens is 2. The average Bonchev–Trinajstić information content (AvgIpc) is 2.39. The Kier molecular flexibility index (Phi) is 7.90. The van der Waals surface area contributed by atoms with E-state index in [1.807, 2.05) is 30.3 Å². The minimum atomic E-state index is 0.122. The molecular weight excluding hydrogens is 347 g/mol. The van der Waals surface area contributed by atoms with Gasteiger partial charge in [0.15, 0.2) is 17.3 Å². The molecule has 0 atom stereocenters. The average molecular weight is 357 g/mol. The van der Waals surface area contributed by atoms with Crippen LogP contribution in [-0.4, -0.2) is 16.3 Å². The summed E-state index contributed by atoms with van der Waals surface area (Å²) < 4.78 is 0. The van der Waals surface area contributed by atoms with E-state index in [-0.39, 0.29) is 18.2 Å². The van der Waals surface area contributed by atoms with Gasteiger partial charge in [-0.3, -0.25) is 10.7 Å². The molecule has 0 spiro atoms. The number of pyridine rings is 1. The number of thiol groups is 1. The summed E-state index contributed by atoms with van der Waals surface area (Å²) in [5, 5.41) is 6.05. The van der Waals surface area contributed by atoms with Crippen molar-refractivity contribution >= 4 is 54.5 Å². The Morgan fingerprint density at radius 1 is 1.37 bits per heavy atom. The molecule has 2 rings (SSSR count). The molecule has 102 valence electrons. The van der Waals surface area contributed by atoms with Crippen LogP contribution in [0.5, 0.6) is 0 Å². The predicted octanol–water partition coefficient (Wildman–Crippen LogP) is 2.64. The molecule has 19 heavy (non-hydrogen) atoms. The quantitative estimate of drug-likeness (QED) is 0.224. The zero-order chi connectivity index (χ0) is 14.1. The molecule has 0 aliphatic heterocycles. The van der Waals surface area contributed by atoms with Crippen molar-refractivity contribution in [3.8, 4) is 0 Å². The van der Waals surface area contributed by atoms with Crippen molar-refractivity contribution in [3.63, 3.8) is 0 Å². The first kappa shape index (κ1) is 16.3. The third-order valence-corrected chi connectivity index (χ3v) is 2.13. The standard InChI is InChI=1S/C11H10N4S.2ClH.Fe/c12-11(16)15-14-7-10-9-4-2-1-3-8(9)5-6-13-10;;;/h1-7H,(H3,12,13,15,16);2*1H;/q;;;+2/p-2. The summed E-state index contributed by atoms with van der Waals surface area (Å²) in [6.45, 7) is 0. The molecule has 0 fully saturated rings. The monoisotopic (exact) mass is 356 g/mol. The fourth-order valence-electron chi connectivity index (χ4n) is 1.39. The van der Waals surface area contributed by atoms with Crippen LogP contribution in [-0.2, 0) is 25.4 Å². The van der Waals surface area contributed by atoms with E-state index in [4.69, 9.17) is 25.9 Å². The second-order valence-corrected chi connectivity index (χ2v) is 5.45. The summed E-state index contributed by atoms with van der Waals surface area (Å²) in [7, 11) is 9.53. The molecule has 4 nitrogen and oxygen atoms in total. The van der Waals surface area contributed by atoms with Crippen molar-refractivity contribution in [2.75, 3.05) is 0 Å². The number of benzene rings is 1. The summed E-state index contributed by atoms with van der Waals surface area (Å²) in [4.78, 5) is 4.22. The number of hydrogen-bond acceptors (Lipinski definition) is 2. The SMILES string of the molecule is NC(=[SH+])[N-]N=Cc1nccc2ccccc12.[Cl][Fe][Cl]. The van der Waals surface area contributed by atoms with Gasteiger partial charge in [0.05, 0.1) is 5.69 Å². The Bertz CT molecular complexity index is 574. The van der Waals surface area contributed by atoms with Crippen LogP contribution < -0.4 is 5.73 Å². The van der Waals surface area contributed by atoms with E-state index in [0.29, 0.717) is 0 Å². The van der Waals surface area contributed by atoms with Gasteiger partial charge in [0.25, 0.3) is 0 Å². The molecule has 2 N–H and O–H groups in total. The molecule has 0 aliphatic rings. The second kappa shape index (κ2) is 9.20. The predicted molar refractivity (Wildman–Crippen MR) is 82.4 cm³/mol. The Balaban J connectivity index is 0.000000550. The number of hydrogen-bond donors (Lipinski definition) is 1. The van der Waals surface area contributed by atoms with Crippen molar-refractivity contribution in [1.82, 2.24) is 4.98 Å². The first-order valence-electron chi connectivity index (χ1n) is 4.93. The first-order valence-corrected chi connectivity index (χ1v) is 8.42. The van der Waals surface area contributed by atoms with E-state index in [2.05, 4.69) is 27.7 Å². The zero-order valence-corrected chi connectivity index (χ0v) is 13.0. The Hall–Kier alpha value is -0.751. The second-order valence-electron chi connectivity index (χ2n) is 3.17. The maximum absolute atomic E-state index is 5.25. The molecule has 0 amide bonds. The molecule has 0 radical (unpaired) electrons. The number of nitrogens with zero attached hydrogens (tertiary/aromatic N) is 3. The molecule has 2 aromatic rings. The van der Waals surface area contributed by atoms with Crippen molar-refractivity contribution in [2.24, 2.45) is 10.8 Å². The molecule has 0 saturated carbocycles. The van der Waals surface area contributed by atoms with Gasteiger partial charge < -0.3 is 10.5 Å². The topological polar surface area (TPSA) is 65.4 Å². The van der Waals surface area contributed by atoms with Crippen LogP contribution in [0.4, 0.5) is 0 Å². The van der Waals surface area contributed by atoms with Gasteiger partial charge in [0.1, 0.15) is 0 Å². The fourth-order valence-corrected chi connectivity index (χ4v) is 1.44. The number of fused-ring (bicyclic) bond motifs is 1. The Morgan fingerprint density at radius 3 is 2.74 bits per heavy atom. The number of nitrogens with two attached hydrogens (primary N) is 1. The van der Waals surface area contributed by atoms with Crippen molar-refractivity contribution in [1.29, 1.82) is 0 Å². The van der Waals surface area contributed by atoms with Crippen LogP contribution in [0.2, 0.25) is 0 Å². The third-order valence-electron chi connectivity index (χ3n) is 2.04. The van der Waals surface area contributed by atoms with Crippen molar-refractivity contribution < 1.29 is 13.1 Å². The van der Waals surface area contributed by atoms with Gasteiger partial charge in [-0.05, 0) is 11.5 Å². The fraction of sp³-hybridized carbons (Fsp3) is 0. The van der Waals surface area contributed by atoms with Gasteiger partial charge in [0, 0.05) is 17.8 Å². The van der Waals surface area contributed by atoms with Crippen LogP contribution in [0.3, 0.4) is 0 Å². The van der Waals surface area contributed by atoms with Gasteiger partial charge in [-0.15, -0.1) is 0 Å². The van der Waals surface area contributed by atoms with Crippen molar-refractivity contribution in [3.05, 3.63) is 47.6 Å². The summed E-state index contributed by atoms with van der Waals surface area (Å²) in [6.07, 6.45) is 3.29. The summed E-state index contributed by atoms with van der Waals surface area (Å²) in [5.41, 5.74) is 9.62. The van der Waals surface area contributed by atoms with E-state index < -0.39 is 0 Å². The van der Waals surface area contributed by atoms with Gasteiger partial charge in [0.2, 0.25) is 0 Å². The van der Waals surface area contributed by atoms with E-state index in [9.17, 15) is 0 Å². The molecule has 0 aliphatic carbocycles. The summed E-state index contributed by atoms with van der Waals surface area (Å²) in [6, 6.07) is 9.88. The molecule has 1 aromatic carbocycles. The van der Waals surface area contributed by atoms with Gasteiger partial charge in [-0.1, -0.05) is 24.3 Å². The van der Waals surface area contributed by atoms with Gasteiger partial charge in [-0.25, -0.2) is 0 Å². The third kappa shape index (κ3) is 5.82. The van der Waals surface area contributed by atoms with Crippen LogP contribution in [0.25, 0.3) is 16.2 Å². The van der Waals surface area contributed by atoms with E-state index in [0.717, 1.165) is 16.5 Å². The molecule has 0 saturated heterocycles. The minimum absolute atomic E-state index is 0.122. The molecular formula is C11H10Cl2FeN4S. The van der Waals surface area contributed by atoms with Crippen LogP contribution in [0, 0.1) is 0 Å². The van der Waals surface area contributed by atoms with Crippen LogP contribution in [0.15, 0.2) is 41.6 Å². The van der Waals surface area contributed by atoms with Gasteiger partial charge >= 0.3 is 33.3 Å². The van der Waals surface area contributed by atoms with E-state index in [1.54, 1.807) is 12.4 Å². The Morgan fingerprint density at radius 2 is 2.05 bits per heavy atom. The molecule has 8 heteroatoms. The summed E-state index contributed by atoms with van der Waals surface area (Å²) >= 11 is 4.01. The maximum atomic E-state index is 5.25. The molecule has 1 heterocycles. The van der Waals surface area contributed by atoms with Crippen LogP contribution in [0.1, 0.15) is 5.69 Å². The Labute approximate surface area is 131 Å². The molecule has 1 aromatic heterocycles.